The number of hydrogen-bond donors (Lipinski definition) is 3. The van der Waals surface area contributed by atoms with Gasteiger partial charge in [0, 0.05) is 31.3 Å². The van der Waals surface area contributed by atoms with Crippen LogP contribution in [0.4, 0.5) is 5.69 Å². The first-order valence-electron chi connectivity index (χ1n) is 7.75. The molecular weight excluding hydrogens is 280 g/mol. The second-order valence-electron chi connectivity index (χ2n) is 5.59. The van der Waals surface area contributed by atoms with E-state index in [-0.39, 0.29) is 18.4 Å². The monoisotopic (exact) mass is 306 g/mol. The Morgan fingerprint density at radius 2 is 2.00 bits per heavy atom. The molecule has 0 aliphatic heterocycles. The molecule has 122 valence electrons. The number of hydrogen-bond acceptors (Lipinski definition) is 3. The number of carbonyl (C=O) groups is 2. The maximum absolute atomic E-state index is 12.2. The maximum atomic E-state index is 12.2. The smallest absolute Gasteiger partial charge is 0.251 e. The largest absolute Gasteiger partial charge is 0.396 e. The van der Waals surface area contributed by atoms with E-state index in [0.29, 0.717) is 30.1 Å². The number of carbonyl (C=O) groups excluding carboxylic acids is 2. The fourth-order valence-corrected chi connectivity index (χ4v) is 2.37. The minimum atomic E-state index is -0.161. The van der Waals surface area contributed by atoms with Crippen LogP contribution >= 0.6 is 0 Å². The highest BCUT2D eigenvalue weighted by atomic mass is 16.3. The van der Waals surface area contributed by atoms with E-state index in [1.165, 1.54) is 6.92 Å². The minimum Gasteiger partial charge on any atom is -0.396 e. The summed E-state index contributed by atoms with van der Waals surface area (Å²) in [6, 6.07) is 5.25. The van der Waals surface area contributed by atoms with Gasteiger partial charge in [0.1, 0.15) is 0 Å². The van der Waals surface area contributed by atoms with Crippen molar-refractivity contribution in [1.29, 1.82) is 0 Å². The third-order valence-corrected chi connectivity index (χ3v) is 3.60. The molecule has 1 atom stereocenters. The summed E-state index contributed by atoms with van der Waals surface area (Å²) in [6.07, 6.45) is 2.70. The summed E-state index contributed by atoms with van der Waals surface area (Å²) in [5.74, 6) is -0.0310. The number of aliphatic hydroxyl groups is 1. The van der Waals surface area contributed by atoms with Crippen LogP contribution in [0.5, 0.6) is 0 Å². The SMILES string of the molecule is CCCC(CCO)CNC(=O)c1ccc(C)c(NC(C)=O)c1. The predicted octanol–water partition coefficient (Wildman–Crippen LogP) is 2.48. The molecule has 0 bridgehead atoms. The van der Waals surface area contributed by atoms with Crippen molar-refractivity contribution in [2.75, 3.05) is 18.5 Å². The molecule has 0 spiro atoms. The fraction of sp³-hybridized carbons (Fsp3) is 0.529. The van der Waals surface area contributed by atoms with Crippen LogP contribution in [0.15, 0.2) is 18.2 Å². The average Bonchev–Trinajstić information content (AvgIpc) is 2.46. The summed E-state index contributed by atoms with van der Waals surface area (Å²) in [5.41, 5.74) is 2.09. The van der Waals surface area contributed by atoms with Gasteiger partial charge in [0.05, 0.1) is 0 Å². The van der Waals surface area contributed by atoms with Crippen molar-refractivity contribution in [3.8, 4) is 0 Å². The van der Waals surface area contributed by atoms with Crippen molar-refractivity contribution in [3.63, 3.8) is 0 Å². The molecule has 0 heterocycles. The molecule has 1 aromatic rings. The Kier molecular flexibility index (Phi) is 7.60. The number of amides is 2. The number of aliphatic hydroxyl groups excluding tert-OH is 1. The van der Waals surface area contributed by atoms with Crippen LogP contribution in [-0.4, -0.2) is 30.1 Å². The molecule has 22 heavy (non-hydrogen) atoms. The van der Waals surface area contributed by atoms with Gasteiger partial charge in [0.2, 0.25) is 5.91 Å². The van der Waals surface area contributed by atoms with Crippen molar-refractivity contribution in [3.05, 3.63) is 29.3 Å². The topological polar surface area (TPSA) is 78.4 Å². The molecular formula is C17H26N2O3. The third-order valence-electron chi connectivity index (χ3n) is 3.60. The Labute approximate surface area is 132 Å². The summed E-state index contributed by atoms with van der Waals surface area (Å²) >= 11 is 0. The van der Waals surface area contributed by atoms with E-state index < -0.39 is 0 Å². The van der Waals surface area contributed by atoms with Crippen molar-refractivity contribution >= 4 is 17.5 Å². The maximum Gasteiger partial charge on any atom is 0.251 e. The van der Waals surface area contributed by atoms with E-state index in [0.717, 1.165) is 18.4 Å². The molecule has 0 radical (unpaired) electrons. The minimum absolute atomic E-state index is 0.137. The summed E-state index contributed by atoms with van der Waals surface area (Å²) in [7, 11) is 0. The number of anilines is 1. The summed E-state index contributed by atoms with van der Waals surface area (Å²) in [4.78, 5) is 23.4. The number of aryl methyl sites for hydroxylation is 1. The Morgan fingerprint density at radius 3 is 2.59 bits per heavy atom. The summed E-state index contributed by atoms with van der Waals surface area (Å²) in [5, 5.41) is 14.7. The molecule has 1 aromatic carbocycles. The molecule has 0 fully saturated rings. The van der Waals surface area contributed by atoms with Crippen LogP contribution < -0.4 is 10.6 Å². The second-order valence-corrected chi connectivity index (χ2v) is 5.59. The zero-order chi connectivity index (χ0) is 16.5. The van der Waals surface area contributed by atoms with Gasteiger partial charge in [-0.15, -0.1) is 0 Å². The van der Waals surface area contributed by atoms with Crippen LogP contribution in [0.1, 0.15) is 49.0 Å². The number of benzene rings is 1. The lowest BCUT2D eigenvalue weighted by Gasteiger charge is -2.16. The van der Waals surface area contributed by atoms with Crippen molar-refractivity contribution < 1.29 is 14.7 Å². The van der Waals surface area contributed by atoms with Gasteiger partial charge < -0.3 is 15.7 Å². The normalized spacial score (nSPS) is 11.8. The highest BCUT2D eigenvalue weighted by Crippen LogP contribution is 2.17. The van der Waals surface area contributed by atoms with Crippen LogP contribution in [-0.2, 0) is 4.79 Å². The Bertz CT molecular complexity index is 509. The van der Waals surface area contributed by atoms with Gasteiger partial charge in [-0.05, 0) is 43.4 Å². The van der Waals surface area contributed by atoms with E-state index >= 15 is 0 Å². The van der Waals surface area contributed by atoms with Gasteiger partial charge in [-0.1, -0.05) is 19.4 Å². The highest BCUT2D eigenvalue weighted by Gasteiger charge is 2.12. The van der Waals surface area contributed by atoms with Crippen LogP contribution in [0.2, 0.25) is 0 Å². The van der Waals surface area contributed by atoms with Gasteiger partial charge in [-0.25, -0.2) is 0 Å². The van der Waals surface area contributed by atoms with Crippen molar-refractivity contribution in [2.24, 2.45) is 5.92 Å². The van der Waals surface area contributed by atoms with E-state index in [1.54, 1.807) is 12.1 Å². The van der Waals surface area contributed by atoms with Crippen molar-refractivity contribution in [1.82, 2.24) is 5.32 Å². The second kappa shape index (κ2) is 9.20. The van der Waals surface area contributed by atoms with Crippen molar-refractivity contribution in [2.45, 2.75) is 40.0 Å². The lowest BCUT2D eigenvalue weighted by Crippen LogP contribution is -2.29. The van der Waals surface area contributed by atoms with Crippen LogP contribution in [0, 0.1) is 12.8 Å². The Balaban J connectivity index is 2.70. The lowest BCUT2D eigenvalue weighted by atomic mass is 10.00. The standard InChI is InChI=1S/C17H26N2O3/c1-4-5-14(8-9-20)11-18-17(22)15-7-6-12(2)16(10-15)19-13(3)21/h6-7,10,14,20H,4-5,8-9,11H2,1-3H3,(H,18,22)(H,19,21). The Morgan fingerprint density at radius 1 is 1.27 bits per heavy atom. The first-order valence-corrected chi connectivity index (χ1v) is 7.75. The molecule has 5 nitrogen and oxygen atoms in total. The average molecular weight is 306 g/mol. The fourth-order valence-electron chi connectivity index (χ4n) is 2.37. The molecule has 5 heteroatoms. The molecule has 1 rings (SSSR count). The molecule has 3 N–H and O–H groups in total. The highest BCUT2D eigenvalue weighted by molar-refractivity contribution is 5.97. The van der Waals surface area contributed by atoms with E-state index in [4.69, 9.17) is 5.11 Å². The molecule has 0 aliphatic carbocycles. The zero-order valence-electron chi connectivity index (χ0n) is 13.6. The van der Waals surface area contributed by atoms with Gasteiger partial charge in [-0.3, -0.25) is 9.59 Å². The predicted molar refractivity (Wildman–Crippen MR) is 87.9 cm³/mol. The summed E-state index contributed by atoms with van der Waals surface area (Å²) in [6.45, 7) is 6.10. The molecule has 1 unspecified atom stereocenters. The first-order chi connectivity index (χ1) is 10.5. The quantitative estimate of drug-likeness (QED) is 0.690. The Hall–Kier alpha value is -1.88. The molecule has 0 aliphatic rings. The first kappa shape index (κ1) is 18.2. The van der Waals surface area contributed by atoms with Gasteiger partial charge in [-0.2, -0.15) is 0 Å². The van der Waals surface area contributed by atoms with Gasteiger partial charge >= 0.3 is 0 Å². The van der Waals surface area contributed by atoms with E-state index in [2.05, 4.69) is 17.6 Å². The number of nitrogens with one attached hydrogen (secondary N) is 2. The van der Waals surface area contributed by atoms with Gasteiger partial charge in [0.15, 0.2) is 0 Å². The van der Waals surface area contributed by atoms with Crippen LogP contribution in [0.3, 0.4) is 0 Å². The third kappa shape index (κ3) is 5.85. The van der Waals surface area contributed by atoms with Gasteiger partial charge in [0.25, 0.3) is 5.91 Å². The molecule has 0 aromatic heterocycles. The number of rotatable bonds is 8. The summed E-state index contributed by atoms with van der Waals surface area (Å²) < 4.78 is 0. The van der Waals surface area contributed by atoms with Crippen LogP contribution in [0.25, 0.3) is 0 Å². The lowest BCUT2D eigenvalue weighted by molar-refractivity contribution is -0.114. The molecule has 0 saturated carbocycles. The molecule has 0 saturated heterocycles. The molecule has 2 amide bonds. The van der Waals surface area contributed by atoms with E-state index in [1.807, 2.05) is 13.0 Å². The van der Waals surface area contributed by atoms with E-state index in [9.17, 15) is 9.59 Å². The zero-order valence-corrected chi connectivity index (χ0v) is 13.6.